The van der Waals surface area contributed by atoms with E-state index in [1.54, 1.807) is 0 Å². The van der Waals surface area contributed by atoms with E-state index in [2.05, 4.69) is 54.9 Å². The van der Waals surface area contributed by atoms with Crippen molar-refractivity contribution in [1.29, 1.82) is 0 Å². The van der Waals surface area contributed by atoms with Crippen LogP contribution in [-0.4, -0.2) is 49.8 Å². The van der Waals surface area contributed by atoms with Crippen LogP contribution in [0.5, 0.6) is 0 Å². The van der Waals surface area contributed by atoms with Gasteiger partial charge >= 0.3 is 0 Å². The highest BCUT2D eigenvalue weighted by molar-refractivity contribution is 7.09. The van der Waals surface area contributed by atoms with Crippen LogP contribution in [0.2, 0.25) is 0 Å². The Morgan fingerprint density at radius 1 is 1.09 bits per heavy atom. The Morgan fingerprint density at radius 3 is 2.61 bits per heavy atom. The van der Waals surface area contributed by atoms with Gasteiger partial charge in [0.05, 0.1) is 5.69 Å². The normalized spacial score (nSPS) is 16.3. The molecule has 6 nitrogen and oxygen atoms in total. The molecule has 0 spiro atoms. The summed E-state index contributed by atoms with van der Waals surface area (Å²) in [6, 6.07) is 6.23. The van der Waals surface area contributed by atoms with Gasteiger partial charge < -0.3 is 9.30 Å². The van der Waals surface area contributed by atoms with Gasteiger partial charge in [-0.3, -0.25) is 4.90 Å². The van der Waals surface area contributed by atoms with Gasteiger partial charge in [0.2, 0.25) is 5.13 Å². The fourth-order valence-corrected chi connectivity index (χ4v) is 3.74. The number of imidazole rings is 1. The number of piperazine rings is 1. The topological polar surface area (TPSA) is 49.6 Å². The standard InChI is InChI=1S/C16H20N6S/c1-12-4-3-5-15-18-14(11-22(12)15)10-20-6-8-21(9-7-20)16-17-13(2)19-23-16/h3-5,11H,6-10H2,1-2H3. The van der Waals surface area contributed by atoms with Crippen LogP contribution in [0.1, 0.15) is 17.2 Å². The minimum Gasteiger partial charge on any atom is -0.344 e. The number of aryl methyl sites for hydroxylation is 2. The van der Waals surface area contributed by atoms with Crippen LogP contribution < -0.4 is 4.90 Å². The monoisotopic (exact) mass is 328 g/mol. The summed E-state index contributed by atoms with van der Waals surface area (Å²) >= 11 is 1.50. The van der Waals surface area contributed by atoms with Crippen molar-refractivity contribution < 1.29 is 0 Å². The minimum atomic E-state index is 0.868. The second-order valence-electron chi connectivity index (χ2n) is 6.01. The molecule has 4 heterocycles. The number of fused-ring (bicyclic) bond motifs is 1. The fourth-order valence-electron chi connectivity index (χ4n) is 3.02. The summed E-state index contributed by atoms with van der Waals surface area (Å²) in [6.45, 7) is 9.03. The van der Waals surface area contributed by atoms with Gasteiger partial charge in [0.1, 0.15) is 11.5 Å². The first-order valence-corrected chi connectivity index (χ1v) is 8.67. The predicted molar refractivity (Wildman–Crippen MR) is 92.1 cm³/mol. The van der Waals surface area contributed by atoms with Gasteiger partial charge in [-0.15, -0.1) is 0 Å². The smallest absolute Gasteiger partial charge is 0.205 e. The zero-order chi connectivity index (χ0) is 15.8. The molecule has 7 heteroatoms. The van der Waals surface area contributed by atoms with Crippen molar-refractivity contribution in [3.05, 3.63) is 41.6 Å². The molecule has 0 saturated carbocycles. The molecule has 1 aliphatic heterocycles. The lowest BCUT2D eigenvalue weighted by Crippen LogP contribution is -2.46. The Morgan fingerprint density at radius 2 is 1.91 bits per heavy atom. The van der Waals surface area contributed by atoms with Gasteiger partial charge in [0.25, 0.3) is 0 Å². The highest BCUT2D eigenvalue weighted by Crippen LogP contribution is 2.19. The number of anilines is 1. The van der Waals surface area contributed by atoms with E-state index >= 15 is 0 Å². The average molecular weight is 328 g/mol. The summed E-state index contributed by atoms with van der Waals surface area (Å²) in [5.74, 6) is 0.868. The molecule has 0 aromatic carbocycles. The number of pyridine rings is 1. The van der Waals surface area contributed by atoms with Crippen LogP contribution in [0.15, 0.2) is 24.4 Å². The first-order chi connectivity index (χ1) is 11.2. The van der Waals surface area contributed by atoms with E-state index in [1.807, 2.05) is 6.92 Å². The van der Waals surface area contributed by atoms with Gasteiger partial charge in [-0.2, -0.15) is 4.37 Å². The van der Waals surface area contributed by atoms with Gasteiger partial charge in [-0.1, -0.05) is 6.07 Å². The van der Waals surface area contributed by atoms with Crippen LogP contribution in [0.25, 0.3) is 5.65 Å². The van der Waals surface area contributed by atoms with E-state index in [0.717, 1.165) is 55.0 Å². The minimum absolute atomic E-state index is 0.868. The first-order valence-electron chi connectivity index (χ1n) is 7.90. The third-order valence-corrected chi connectivity index (χ3v) is 5.16. The van der Waals surface area contributed by atoms with Crippen LogP contribution in [0.4, 0.5) is 5.13 Å². The molecule has 23 heavy (non-hydrogen) atoms. The zero-order valence-corrected chi connectivity index (χ0v) is 14.3. The summed E-state index contributed by atoms with van der Waals surface area (Å²) in [5, 5.41) is 1.05. The molecule has 0 N–H and O–H groups in total. The fraction of sp³-hybridized carbons (Fsp3) is 0.438. The first kappa shape index (κ1) is 14.6. The molecule has 1 saturated heterocycles. The molecule has 0 atom stereocenters. The molecule has 4 rings (SSSR count). The van der Waals surface area contributed by atoms with Crippen LogP contribution in [0, 0.1) is 13.8 Å². The number of hydrogen-bond donors (Lipinski definition) is 0. The van der Waals surface area contributed by atoms with Crippen molar-refractivity contribution in [2.75, 3.05) is 31.1 Å². The number of hydrogen-bond acceptors (Lipinski definition) is 6. The van der Waals surface area contributed by atoms with Gasteiger partial charge in [-0.25, -0.2) is 9.97 Å². The Bertz CT molecular complexity index is 815. The molecule has 120 valence electrons. The van der Waals surface area contributed by atoms with Crippen molar-refractivity contribution in [2.45, 2.75) is 20.4 Å². The van der Waals surface area contributed by atoms with Gasteiger partial charge in [0.15, 0.2) is 0 Å². The van der Waals surface area contributed by atoms with Crippen LogP contribution in [0.3, 0.4) is 0 Å². The number of rotatable bonds is 3. The molecule has 3 aromatic heterocycles. The molecule has 0 radical (unpaired) electrons. The lowest BCUT2D eigenvalue weighted by atomic mass is 10.3. The Labute approximate surface area is 139 Å². The third-order valence-electron chi connectivity index (χ3n) is 4.29. The second kappa shape index (κ2) is 5.90. The molecular weight excluding hydrogens is 308 g/mol. The van der Waals surface area contributed by atoms with Crippen molar-refractivity contribution in [3.63, 3.8) is 0 Å². The van der Waals surface area contributed by atoms with Crippen molar-refractivity contribution in [3.8, 4) is 0 Å². The Kier molecular flexibility index (Phi) is 3.74. The van der Waals surface area contributed by atoms with Gasteiger partial charge in [0, 0.05) is 56.1 Å². The van der Waals surface area contributed by atoms with Crippen LogP contribution >= 0.6 is 11.5 Å². The molecular formula is C16H20N6S. The molecule has 1 aliphatic rings. The Balaban J connectivity index is 1.41. The molecule has 0 aliphatic carbocycles. The Hall–Kier alpha value is -1.99. The molecule has 1 fully saturated rings. The van der Waals surface area contributed by atoms with E-state index in [9.17, 15) is 0 Å². The second-order valence-corrected chi connectivity index (χ2v) is 6.75. The predicted octanol–water partition coefficient (Wildman–Crippen LogP) is 2.12. The summed E-state index contributed by atoms with van der Waals surface area (Å²) < 4.78 is 6.44. The third kappa shape index (κ3) is 2.94. The van der Waals surface area contributed by atoms with Crippen LogP contribution in [-0.2, 0) is 6.54 Å². The quantitative estimate of drug-likeness (QED) is 0.737. The van der Waals surface area contributed by atoms with Gasteiger partial charge in [-0.05, 0) is 26.0 Å². The maximum absolute atomic E-state index is 4.74. The van der Waals surface area contributed by atoms with E-state index < -0.39 is 0 Å². The summed E-state index contributed by atoms with van der Waals surface area (Å²) in [6.07, 6.45) is 2.16. The summed E-state index contributed by atoms with van der Waals surface area (Å²) in [4.78, 5) is 14.0. The number of aromatic nitrogens is 4. The molecule has 3 aromatic rings. The SMILES string of the molecule is Cc1nsc(N2CCN(Cc3cn4c(C)cccc4n3)CC2)n1. The maximum Gasteiger partial charge on any atom is 0.205 e. The van der Waals surface area contributed by atoms with E-state index in [0.29, 0.717) is 0 Å². The lowest BCUT2D eigenvalue weighted by molar-refractivity contribution is 0.247. The largest absolute Gasteiger partial charge is 0.344 e. The molecule has 0 bridgehead atoms. The molecule has 0 unspecified atom stereocenters. The number of nitrogens with zero attached hydrogens (tertiary/aromatic N) is 6. The summed E-state index contributed by atoms with van der Waals surface area (Å²) in [7, 11) is 0. The van der Waals surface area contributed by atoms with Crippen molar-refractivity contribution in [1.82, 2.24) is 23.6 Å². The van der Waals surface area contributed by atoms with Crippen molar-refractivity contribution in [2.24, 2.45) is 0 Å². The lowest BCUT2D eigenvalue weighted by Gasteiger charge is -2.33. The van der Waals surface area contributed by atoms with E-state index in [1.165, 1.54) is 17.2 Å². The maximum atomic E-state index is 4.74. The summed E-state index contributed by atoms with van der Waals surface area (Å²) in [5.41, 5.74) is 3.39. The highest BCUT2D eigenvalue weighted by atomic mass is 32.1. The average Bonchev–Trinajstić information content (AvgIpc) is 3.15. The van der Waals surface area contributed by atoms with E-state index in [4.69, 9.17) is 4.98 Å². The molecule has 0 amide bonds. The van der Waals surface area contributed by atoms with Crippen molar-refractivity contribution >= 4 is 22.3 Å². The zero-order valence-electron chi connectivity index (χ0n) is 13.4. The van der Waals surface area contributed by atoms with E-state index in [-0.39, 0.29) is 0 Å². The highest BCUT2D eigenvalue weighted by Gasteiger charge is 2.20.